The van der Waals surface area contributed by atoms with E-state index in [1.54, 1.807) is 54.6 Å². The number of para-hydroxylation sites is 1. The van der Waals surface area contributed by atoms with Gasteiger partial charge in [-0.05, 0) is 73.2 Å². The van der Waals surface area contributed by atoms with E-state index >= 15 is 0 Å². The van der Waals surface area contributed by atoms with Crippen LogP contribution >= 0.6 is 12.2 Å². The lowest BCUT2D eigenvalue weighted by atomic mass is 10.1. The Morgan fingerprint density at radius 2 is 1.76 bits per heavy atom. The summed E-state index contributed by atoms with van der Waals surface area (Å²) in [6.45, 7) is 2.60. The number of halogens is 1. The second-order valence-electron chi connectivity index (χ2n) is 8.25. The molecule has 37 heavy (non-hydrogen) atoms. The molecule has 1 unspecified atom stereocenters. The molecule has 0 aliphatic carbocycles. The monoisotopic (exact) mass is 520 g/mol. The molecule has 10 heteroatoms. The molecule has 1 fully saturated rings. The van der Waals surface area contributed by atoms with Crippen LogP contribution in [-0.4, -0.2) is 40.5 Å². The zero-order valence-electron chi connectivity index (χ0n) is 20.0. The molecule has 3 amide bonds. The maximum atomic E-state index is 13.7. The fourth-order valence-corrected chi connectivity index (χ4v) is 4.13. The van der Waals surface area contributed by atoms with Gasteiger partial charge < -0.3 is 10.1 Å². The highest BCUT2D eigenvalue weighted by molar-refractivity contribution is 7.80. The third kappa shape index (κ3) is 6.10. The lowest BCUT2D eigenvalue weighted by Gasteiger charge is -2.24. The van der Waals surface area contributed by atoms with Crippen molar-refractivity contribution in [2.24, 2.45) is 0 Å². The minimum absolute atomic E-state index is 0.00354. The molecule has 0 saturated carbocycles. The Hall–Kier alpha value is -4.31. The smallest absolute Gasteiger partial charge is 0.269 e. The average molecular weight is 521 g/mol. The van der Waals surface area contributed by atoms with Gasteiger partial charge in [0.15, 0.2) is 0 Å². The van der Waals surface area contributed by atoms with E-state index < -0.39 is 29.6 Å². The number of carbonyl (C=O) groups is 3. The molecule has 0 radical (unpaired) electrons. The van der Waals surface area contributed by atoms with Crippen LogP contribution < -0.4 is 20.4 Å². The standard InChI is InChI=1S/C27H25FN4O4S/c1-2-15-36-22-13-11-20(12-14-22)29-24(33)17-23-26(35)31(21-9-4-3-5-10-21)27(37)32(23)30-25(34)18-7-6-8-19(28)16-18/h3-14,16,23H,2,15,17H2,1H3,(H,29,33)(H,30,34). The lowest BCUT2D eigenvalue weighted by molar-refractivity contribution is -0.124. The molecular formula is C27H25FN4O4S. The lowest BCUT2D eigenvalue weighted by Crippen LogP contribution is -2.49. The van der Waals surface area contributed by atoms with E-state index in [0.29, 0.717) is 23.7 Å². The van der Waals surface area contributed by atoms with Gasteiger partial charge in [-0.2, -0.15) is 0 Å². The van der Waals surface area contributed by atoms with Gasteiger partial charge in [-0.3, -0.25) is 24.7 Å². The molecule has 4 rings (SSSR count). The van der Waals surface area contributed by atoms with E-state index in [1.165, 1.54) is 28.1 Å². The SMILES string of the molecule is CCCOc1ccc(NC(=O)CC2C(=O)N(c3ccccc3)C(=S)N2NC(=O)c2cccc(F)c2)cc1. The minimum atomic E-state index is -1.11. The van der Waals surface area contributed by atoms with E-state index in [-0.39, 0.29) is 17.1 Å². The summed E-state index contributed by atoms with van der Waals surface area (Å²) >= 11 is 5.52. The second-order valence-corrected chi connectivity index (χ2v) is 8.62. The fourth-order valence-electron chi connectivity index (χ4n) is 3.76. The molecule has 8 nitrogen and oxygen atoms in total. The van der Waals surface area contributed by atoms with Crippen molar-refractivity contribution in [2.45, 2.75) is 25.8 Å². The molecule has 2 N–H and O–H groups in total. The molecule has 1 heterocycles. The van der Waals surface area contributed by atoms with Crippen LogP contribution in [0.25, 0.3) is 0 Å². The van der Waals surface area contributed by atoms with E-state index in [2.05, 4.69) is 10.7 Å². The number of anilines is 2. The van der Waals surface area contributed by atoms with Gasteiger partial charge >= 0.3 is 0 Å². The number of nitrogens with zero attached hydrogens (tertiary/aromatic N) is 2. The molecule has 3 aromatic carbocycles. The van der Waals surface area contributed by atoms with E-state index in [0.717, 1.165) is 12.5 Å². The Kier molecular flexibility index (Phi) is 8.09. The number of nitrogens with one attached hydrogen (secondary N) is 2. The number of carbonyl (C=O) groups excluding carboxylic acids is 3. The second kappa shape index (κ2) is 11.6. The largest absolute Gasteiger partial charge is 0.494 e. The van der Waals surface area contributed by atoms with Gasteiger partial charge in [-0.15, -0.1) is 0 Å². The van der Waals surface area contributed by atoms with Crippen LogP contribution in [0.15, 0.2) is 78.9 Å². The van der Waals surface area contributed by atoms with Crippen LogP contribution in [0, 0.1) is 5.82 Å². The quantitative estimate of drug-likeness (QED) is 0.409. The van der Waals surface area contributed by atoms with Gasteiger partial charge in [0.05, 0.1) is 18.7 Å². The molecule has 1 saturated heterocycles. The Morgan fingerprint density at radius 1 is 1.03 bits per heavy atom. The van der Waals surface area contributed by atoms with Crippen molar-refractivity contribution in [1.82, 2.24) is 10.4 Å². The first-order valence-corrected chi connectivity index (χ1v) is 12.1. The summed E-state index contributed by atoms with van der Waals surface area (Å²) in [7, 11) is 0. The van der Waals surface area contributed by atoms with Crippen LogP contribution in [-0.2, 0) is 9.59 Å². The number of hydrogen-bond acceptors (Lipinski definition) is 5. The summed E-state index contributed by atoms with van der Waals surface area (Å²) in [5, 5.41) is 3.93. The van der Waals surface area contributed by atoms with Gasteiger partial charge in [0.1, 0.15) is 17.6 Å². The Labute approximate surface area is 219 Å². The number of ether oxygens (including phenoxy) is 1. The molecule has 1 aliphatic rings. The van der Waals surface area contributed by atoms with Gasteiger partial charge in [-0.1, -0.05) is 31.2 Å². The Bertz CT molecular complexity index is 1300. The molecular weight excluding hydrogens is 495 g/mol. The highest BCUT2D eigenvalue weighted by atomic mass is 32.1. The summed E-state index contributed by atoms with van der Waals surface area (Å²) in [4.78, 5) is 40.5. The van der Waals surface area contributed by atoms with Crippen LogP contribution in [0.3, 0.4) is 0 Å². The average Bonchev–Trinajstić information content (AvgIpc) is 3.12. The summed E-state index contributed by atoms with van der Waals surface area (Å²) in [6.07, 6.45) is 0.585. The number of benzene rings is 3. The van der Waals surface area contributed by atoms with Crippen molar-refractivity contribution < 1.29 is 23.5 Å². The predicted octanol–water partition coefficient (Wildman–Crippen LogP) is 4.29. The molecule has 1 aliphatic heterocycles. The van der Waals surface area contributed by atoms with Gasteiger partial charge in [0, 0.05) is 11.3 Å². The van der Waals surface area contributed by atoms with Crippen molar-refractivity contribution in [2.75, 3.05) is 16.8 Å². The van der Waals surface area contributed by atoms with Crippen LogP contribution in [0.5, 0.6) is 5.75 Å². The zero-order chi connectivity index (χ0) is 26.4. The number of rotatable bonds is 9. The number of amides is 3. The van der Waals surface area contributed by atoms with Crippen molar-refractivity contribution >= 4 is 46.4 Å². The normalized spacial score (nSPS) is 15.0. The summed E-state index contributed by atoms with van der Waals surface area (Å²) < 4.78 is 19.2. The fraction of sp³-hybridized carbons (Fsp3) is 0.185. The highest BCUT2D eigenvalue weighted by Crippen LogP contribution is 2.26. The molecule has 190 valence electrons. The topological polar surface area (TPSA) is 91.0 Å². The zero-order valence-corrected chi connectivity index (χ0v) is 20.8. The highest BCUT2D eigenvalue weighted by Gasteiger charge is 2.45. The van der Waals surface area contributed by atoms with E-state index in [1.807, 2.05) is 6.92 Å². The van der Waals surface area contributed by atoms with Gasteiger partial charge in [-0.25, -0.2) is 9.40 Å². The van der Waals surface area contributed by atoms with E-state index in [4.69, 9.17) is 17.0 Å². The maximum absolute atomic E-state index is 13.7. The molecule has 0 aromatic heterocycles. The number of hydrogen-bond donors (Lipinski definition) is 2. The first-order chi connectivity index (χ1) is 17.9. The van der Waals surface area contributed by atoms with Crippen molar-refractivity contribution in [3.63, 3.8) is 0 Å². The third-order valence-corrected chi connectivity index (χ3v) is 5.91. The van der Waals surface area contributed by atoms with Crippen LogP contribution in [0.2, 0.25) is 0 Å². The van der Waals surface area contributed by atoms with Gasteiger partial charge in [0.25, 0.3) is 11.8 Å². The summed E-state index contributed by atoms with van der Waals surface area (Å²) in [5.41, 5.74) is 3.64. The van der Waals surface area contributed by atoms with Gasteiger partial charge in [0.2, 0.25) is 11.0 Å². The summed E-state index contributed by atoms with van der Waals surface area (Å²) in [5.74, 6) is -1.50. The first kappa shape index (κ1) is 25.8. The molecule has 0 spiro atoms. The molecule has 3 aromatic rings. The van der Waals surface area contributed by atoms with E-state index in [9.17, 15) is 18.8 Å². The predicted molar refractivity (Wildman–Crippen MR) is 141 cm³/mol. The van der Waals surface area contributed by atoms with Crippen LogP contribution in [0.4, 0.5) is 15.8 Å². The van der Waals surface area contributed by atoms with Crippen LogP contribution in [0.1, 0.15) is 30.1 Å². The van der Waals surface area contributed by atoms with Crippen molar-refractivity contribution in [1.29, 1.82) is 0 Å². The Morgan fingerprint density at radius 3 is 2.43 bits per heavy atom. The number of thiocarbonyl (C=S) groups is 1. The maximum Gasteiger partial charge on any atom is 0.269 e. The summed E-state index contributed by atoms with van der Waals surface area (Å²) in [6, 6.07) is 19.6. The third-order valence-electron chi connectivity index (χ3n) is 5.53. The van der Waals surface area contributed by atoms with Crippen molar-refractivity contribution in [3.05, 3.63) is 90.2 Å². The number of hydrazine groups is 1. The minimum Gasteiger partial charge on any atom is -0.494 e. The molecule has 1 atom stereocenters. The van der Waals surface area contributed by atoms with Crippen molar-refractivity contribution in [3.8, 4) is 5.75 Å². The Balaban J connectivity index is 1.53. The first-order valence-electron chi connectivity index (χ1n) is 11.7. The molecule has 0 bridgehead atoms.